The van der Waals surface area contributed by atoms with Crippen molar-refractivity contribution in [2.45, 2.75) is 36.4 Å². The SMILES string of the molecule is CCc1ccc(NC(=O)CSc2nc3c(c(=O)n2Cc2ccccc2)SCC3)cc1. The van der Waals surface area contributed by atoms with Crippen molar-refractivity contribution in [3.63, 3.8) is 0 Å². The van der Waals surface area contributed by atoms with Gasteiger partial charge in [0.15, 0.2) is 5.16 Å². The summed E-state index contributed by atoms with van der Waals surface area (Å²) in [4.78, 5) is 31.0. The van der Waals surface area contributed by atoms with Crippen molar-refractivity contribution in [2.75, 3.05) is 16.8 Å². The molecule has 1 aromatic heterocycles. The predicted octanol–water partition coefficient (Wildman–Crippen LogP) is 4.23. The Hall–Kier alpha value is -2.51. The van der Waals surface area contributed by atoms with E-state index in [0.29, 0.717) is 11.7 Å². The van der Waals surface area contributed by atoms with Crippen LogP contribution in [0.4, 0.5) is 5.69 Å². The number of nitrogens with zero attached hydrogens (tertiary/aromatic N) is 2. The molecule has 0 bridgehead atoms. The van der Waals surface area contributed by atoms with Gasteiger partial charge in [-0.2, -0.15) is 0 Å². The maximum Gasteiger partial charge on any atom is 0.268 e. The number of amides is 1. The lowest BCUT2D eigenvalue weighted by Gasteiger charge is -2.14. The van der Waals surface area contributed by atoms with E-state index in [0.717, 1.165) is 40.4 Å². The van der Waals surface area contributed by atoms with E-state index in [1.807, 2.05) is 54.6 Å². The maximum atomic E-state index is 13.1. The highest BCUT2D eigenvalue weighted by molar-refractivity contribution is 8.00. The van der Waals surface area contributed by atoms with Gasteiger partial charge in [0.25, 0.3) is 5.56 Å². The molecule has 0 fully saturated rings. The first-order chi connectivity index (χ1) is 14.6. The lowest BCUT2D eigenvalue weighted by Crippen LogP contribution is -2.26. The molecule has 0 unspecified atom stereocenters. The van der Waals surface area contributed by atoms with Crippen LogP contribution in [0.3, 0.4) is 0 Å². The summed E-state index contributed by atoms with van der Waals surface area (Å²) in [7, 11) is 0. The number of hydrogen-bond acceptors (Lipinski definition) is 5. The van der Waals surface area contributed by atoms with Crippen LogP contribution in [0.1, 0.15) is 23.7 Å². The van der Waals surface area contributed by atoms with Crippen molar-refractivity contribution >= 4 is 35.1 Å². The molecule has 1 N–H and O–H groups in total. The van der Waals surface area contributed by atoms with Gasteiger partial charge in [-0.1, -0.05) is 61.2 Å². The monoisotopic (exact) mass is 437 g/mol. The van der Waals surface area contributed by atoms with E-state index >= 15 is 0 Å². The second-order valence-electron chi connectivity index (χ2n) is 7.03. The van der Waals surface area contributed by atoms with Crippen LogP contribution < -0.4 is 10.9 Å². The number of aromatic nitrogens is 2. The number of aryl methyl sites for hydroxylation is 2. The van der Waals surface area contributed by atoms with Crippen molar-refractivity contribution in [3.05, 3.63) is 81.8 Å². The molecule has 0 saturated carbocycles. The minimum Gasteiger partial charge on any atom is -0.325 e. The number of rotatable bonds is 7. The number of benzene rings is 2. The minimum absolute atomic E-state index is 0.00980. The number of fused-ring (bicyclic) bond motifs is 1. The maximum absolute atomic E-state index is 13.1. The molecule has 0 saturated heterocycles. The van der Waals surface area contributed by atoms with Crippen LogP contribution in [-0.2, 0) is 24.2 Å². The summed E-state index contributed by atoms with van der Waals surface area (Å²) in [6.07, 6.45) is 1.76. The van der Waals surface area contributed by atoms with Gasteiger partial charge in [0, 0.05) is 17.9 Å². The predicted molar refractivity (Wildman–Crippen MR) is 124 cm³/mol. The van der Waals surface area contributed by atoms with Crippen molar-refractivity contribution in [1.29, 1.82) is 0 Å². The summed E-state index contributed by atoms with van der Waals surface area (Å²) >= 11 is 2.88. The van der Waals surface area contributed by atoms with E-state index in [9.17, 15) is 9.59 Å². The van der Waals surface area contributed by atoms with Gasteiger partial charge in [-0.3, -0.25) is 14.2 Å². The second kappa shape index (κ2) is 9.53. The van der Waals surface area contributed by atoms with Crippen molar-refractivity contribution in [1.82, 2.24) is 9.55 Å². The fourth-order valence-electron chi connectivity index (χ4n) is 3.29. The number of thioether (sulfide) groups is 2. The van der Waals surface area contributed by atoms with Gasteiger partial charge in [0.1, 0.15) is 0 Å². The van der Waals surface area contributed by atoms with Gasteiger partial charge in [-0.15, -0.1) is 11.8 Å². The molecule has 4 rings (SSSR count). The summed E-state index contributed by atoms with van der Waals surface area (Å²) in [5.74, 6) is 0.966. The Morgan fingerprint density at radius 2 is 1.90 bits per heavy atom. The molecule has 2 heterocycles. The number of anilines is 1. The van der Waals surface area contributed by atoms with E-state index in [4.69, 9.17) is 4.98 Å². The number of carbonyl (C=O) groups excluding carboxylic acids is 1. The van der Waals surface area contributed by atoms with Crippen LogP contribution in [0.15, 0.2) is 69.4 Å². The quantitative estimate of drug-likeness (QED) is 0.443. The largest absolute Gasteiger partial charge is 0.325 e. The molecular weight excluding hydrogens is 414 g/mol. The molecule has 3 aromatic rings. The van der Waals surface area contributed by atoms with Gasteiger partial charge in [0.05, 0.1) is 22.9 Å². The normalized spacial score (nSPS) is 12.6. The fourth-order valence-corrected chi connectivity index (χ4v) is 5.15. The van der Waals surface area contributed by atoms with Crippen LogP contribution in [0.5, 0.6) is 0 Å². The summed E-state index contributed by atoms with van der Waals surface area (Å²) in [5, 5.41) is 3.52. The Labute approximate surface area is 184 Å². The fraction of sp³-hybridized carbons (Fsp3) is 0.261. The molecule has 0 radical (unpaired) electrons. The molecule has 2 aromatic carbocycles. The summed E-state index contributed by atoms with van der Waals surface area (Å²) in [5.41, 5.74) is 3.88. The van der Waals surface area contributed by atoms with Crippen LogP contribution >= 0.6 is 23.5 Å². The first-order valence-corrected chi connectivity index (χ1v) is 11.9. The van der Waals surface area contributed by atoms with Crippen molar-refractivity contribution < 1.29 is 4.79 Å². The highest BCUT2D eigenvalue weighted by Gasteiger charge is 2.22. The minimum atomic E-state index is -0.111. The molecule has 0 atom stereocenters. The molecule has 154 valence electrons. The number of nitrogens with one attached hydrogen (secondary N) is 1. The molecule has 1 aliphatic rings. The molecule has 1 amide bonds. The Balaban J connectivity index is 1.51. The average Bonchev–Trinajstić information content (AvgIpc) is 3.25. The van der Waals surface area contributed by atoms with Gasteiger partial charge in [-0.05, 0) is 29.7 Å². The molecule has 5 nitrogen and oxygen atoms in total. The van der Waals surface area contributed by atoms with Crippen molar-refractivity contribution in [2.24, 2.45) is 0 Å². The zero-order valence-corrected chi connectivity index (χ0v) is 18.4. The molecular formula is C23H23N3O2S2. The average molecular weight is 438 g/mol. The van der Waals surface area contributed by atoms with E-state index in [1.54, 1.807) is 16.3 Å². The smallest absolute Gasteiger partial charge is 0.268 e. The highest BCUT2D eigenvalue weighted by Crippen LogP contribution is 2.29. The summed E-state index contributed by atoms with van der Waals surface area (Å²) < 4.78 is 1.69. The van der Waals surface area contributed by atoms with Gasteiger partial charge in [-0.25, -0.2) is 4.98 Å². The number of hydrogen-bond donors (Lipinski definition) is 1. The van der Waals surface area contributed by atoms with E-state index in [-0.39, 0.29) is 17.2 Å². The molecule has 0 spiro atoms. The van der Waals surface area contributed by atoms with E-state index in [1.165, 1.54) is 17.3 Å². The molecule has 7 heteroatoms. The van der Waals surface area contributed by atoms with Crippen LogP contribution in [0.2, 0.25) is 0 Å². The Bertz CT molecular complexity index is 1100. The lowest BCUT2D eigenvalue weighted by atomic mass is 10.1. The van der Waals surface area contributed by atoms with Gasteiger partial charge >= 0.3 is 0 Å². The molecule has 30 heavy (non-hydrogen) atoms. The Morgan fingerprint density at radius 1 is 1.13 bits per heavy atom. The van der Waals surface area contributed by atoms with Gasteiger partial charge in [0.2, 0.25) is 5.91 Å². The Kier molecular flexibility index (Phi) is 6.59. The zero-order valence-electron chi connectivity index (χ0n) is 16.8. The highest BCUT2D eigenvalue weighted by atomic mass is 32.2. The third kappa shape index (κ3) is 4.79. The topological polar surface area (TPSA) is 64.0 Å². The van der Waals surface area contributed by atoms with Crippen LogP contribution in [0, 0.1) is 0 Å². The van der Waals surface area contributed by atoms with E-state index < -0.39 is 0 Å². The molecule has 0 aliphatic carbocycles. The van der Waals surface area contributed by atoms with Crippen LogP contribution in [0.25, 0.3) is 0 Å². The standard InChI is InChI=1S/C23H23N3O2S2/c1-2-16-8-10-18(11-9-16)24-20(27)15-30-23-25-19-12-13-29-21(19)22(28)26(23)14-17-6-4-3-5-7-17/h3-11H,2,12-15H2,1H3,(H,24,27). The Morgan fingerprint density at radius 3 is 2.63 bits per heavy atom. The zero-order chi connectivity index (χ0) is 20.9. The van der Waals surface area contributed by atoms with Gasteiger partial charge < -0.3 is 5.32 Å². The lowest BCUT2D eigenvalue weighted by molar-refractivity contribution is -0.113. The third-order valence-electron chi connectivity index (χ3n) is 4.91. The first kappa shape index (κ1) is 20.8. The van der Waals surface area contributed by atoms with E-state index in [2.05, 4.69) is 12.2 Å². The van der Waals surface area contributed by atoms with Crippen molar-refractivity contribution in [3.8, 4) is 0 Å². The number of carbonyl (C=O) groups is 1. The first-order valence-electron chi connectivity index (χ1n) is 9.96. The summed E-state index contributed by atoms with van der Waals surface area (Å²) in [6, 6.07) is 17.7. The molecule has 1 aliphatic heterocycles. The second-order valence-corrected chi connectivity index (χ2v) is 9.08. The summed E-state index contributed by atoms with van der Waals surface area (Å²) in [6.45, 7) is 2.55. The van der Waals surface area contributed by atoms with Crippen LogP contribution in [-0.4, -0.2) is 27.0 Å². The third-order valence-corrected chi connectivity index (χ3v) is 6.99.